The highest BCUT2D eigenvalue weighted by atomic mass is 32.2. The number of nitrogens with zero attached hydrogens (tertiary/aromatic N) is 4. The molecule has 8 heteroatoms. The molecule has 0 amide bonds. The molecule has 3 aromatic heterocycles. The second-order valence-corrected chi connectivity index (χ2v) is 4.73. The summed E-state index contributed by atoms with van der Waals surface area (Å²) in [5, 5.41) is 8.15. The smallest absolute Gasteiger partial charge is 0.181 e. The van der Waals surface area contributed by atoms with Gasteiger partial charge >= 0.3 is 0 Å². The zero-order valence-electron chi connectivity index (χ0n) is 9.66. The number of fused-ring (bicyclic) bond motifs is 1. The molecule has 94 valence electrons. The van der Waals surface area contributed by atoms with Gasteiger partial charge < -0.3 is 10.7 Å². The van der Waals surface area contributed by atoms with Crippen LogP contribution in [-0.4, -0.2) is 30.8 Å². The second-order valence-electron chi connectivity index (χ2n) is 3.67. The van der Waals surface area contributed by atoms with Crippen LogP contribution in [0.3, 0.4) is 0 Å². The highest BCUT2D eigenvalue weighted by Crippen LogP contribution is 2.29. The van der Waals surface area contributed by atoms with E-state index in [2.05, 4.69) is 24.9 Å². The van der Waals surface area contributed by atoms with Gasteiger partial charge in [-0.05, 0) is 12.1 Å². The Balaban J connectivity index is 1.99. The summed E-state index contributed by atoms with van der Waals surface area (Å²) in [5.41, 5.74) is 7.27. The summed E-state index contributed by atoms with van der Waals surface area (Å²) in [6.07, 6.45) is 4.67. The zero-order valence-corrected chi connectivity index (χ0v) is 10.5. The number of hydrogen-bond donors (Lipinski definition) is 3. The lowest BCUT2D eigenvalue weighted by Crippen LogP contribution is -2.12. The Kier molecular flexibility index (Phi) is 2.84. The fraction of sp³-hybridized carbons (Fsp3) is 0. The van der Waals surface area contributed by atoms with Gasteiger partial charge in [0.15, 0.2) is 5.65 Å². The molecule has 3 rings (SSSR count). The summed E-state index contributed by atoms with van der Waals surface area (Å²) >= 11 is 1.44. The molecule has 0 saturated carbocycles. The van der Waals surface area contributed by atoms with Gasteiger partial charge in [-0.2, -0.15) is 0 Å². The van der Waals surface area contributed by atoms with E-state index >= 15 is 0 Å². The van der Waals surface area contributed by atoms with Gasteiger partial charge in [-0.3, -0.25) is 10.4 Å². The molecule has 3 heterocycles. The summed E-state index contributed by atoms with van der Waals surface area (Å²) in [7, 11) is 0. The number of imidazole rings is 1. The minimum Gasteiger partial charge on any atom is -0.382 e. The first-order valence-corrected chi connectivity index (χ1v) is 6.18. The first kappa shape index (κ1) is 11.6. The van der Waals surface area contributed by atoms with E-state index in [0.717, 1.165) is 15.4 Å². The van der Waals surface area contributed by atoms with E-state index in [1.165, 1.54) is 18.1 Å². The molecule has 0 unspecified atom stereocenters. The van der Waals surface area contributed by atoms with Crippen molar-refractivity contribution >= 4 is 28.8 Å². The molecule has 4 N–H and O–H groups in total. The molecule has 0 saturated heterocycles. The molecule has 7 nitrogen and oxygen atoms in total. The molecule has 0 bridgehead atoms. The van der Waals surface area contributed by atoms with Gasteiger partial charge in [0.25, 0.3) is 0 Å². The first-order chi connectivity index (χ1) is 9.24. The third-order valence-corrected chi connectivity index (χ3v) is 3.40. The van der Waals surface area contributed by atoms with Crippen molar-refractivity contribution < 1.29 is 0 Å². The van der Waals surface area contributed by atoms with Crippen LogP contribution in [0.5, 0.6) is 0 Å². The Morgan fingerprint density at radius 3 is 3.00 bits per heavy atom. The minimum atomic E-state index is -0.0585. The van der Waals surface area contributed by atoms with Crippen LogP contribution in [-0.2, 0) is 0 Å². The van der Waals surface area contributed by atoms with E-state index in [9.17, 15) is 0 Å². The number of hydrogen-bond acceptors (Lipinski definition) is 6. The fourth-order valence-electron chi connectivity index (χ4n) is 1.55. The molecule has 3 aromatic rings. The molecule has 0 aromatic carbocycles. The fourth-order valence-corrected chi connectivity index (χ4v) is 2.43. The molecule has 0 spiro atoms. The van der Waals surface area contributed by atoms with E-state index in [1.54, 1.807) is 18.6 Å². The summed E-state index contributed by atoms with van der Waals surface area (Å²) in [6, 6.07) is 3.58. The SMILES string of the molecule is N=C(N)c1cc(Sc2ncnc3nc[nH]c23)ccn1. The highest BCUT2D eigenvalue weighted by Gasteiger charge is 2.08. The van der Waals surface area contributed by atoms with E-state index in [1.807, 2.05) is 6.07 Å². The summed E-state index contributed by atoms with van der Waals surface area (Å²) < 4.78 is 0. The van der Waals surface area contributed by atoms with Crippen LogP contribution in [0.2, 0.25) is 0 Å². The molecule has 0 atom stereocenters. The maximum absolute atomic E-state index is 7.38. The van der Waals surface area contributed by atoms with Gasteiger partial charge in [0.2, 0.25) is 0 Å². The normalized spacial score (nSPS) is 10.7. The topological polar surface area (TPSA) is 117 Å². The van der Waals surface area contributed by atoms with Crippen LogP contribution in [0.25, 0.3) is 11.2 Å². The van der Waals surface area contributed by atoms with Crippen LogP contribution in [0.4, 0.5) is 0 Å². The third kappa shape index (κ3) is 2.25. The van der Waals surface area contributed by atoms with Gasteiger partial charge in [-0.15, -0.1) is 0 Å². The molecule has 19 heavy (non-hydrogen) atoms. The molecule has 0 aliphatic rings. The number of nitrogens with one attached hydrogen (secondary N) is 2. The lowest BCUT2D eigenvalue weighted by molar-refractivity contribution is 1.08. The van der Waals surface area contributed by atoms with Crippen LogP contribution in [0.1, 0.15) is 5.69 Å². The maximum atomic E-state index is 7.38. The second kappa shape index (κ2) is 4.65. The van der Waals surface area contributed by atoms with Crippen LogP contribution < -0.4 is 5.73 Å². The molecule has 0 aliphatic heterocycles. The average Bonchev–Trinajstić information content (AvgIpc) is 2.88. The Morgan fingerprint density at radius 2 is 2.16 bits per heavy atom. The van der Waals surface area contributed by atoms with Crippen molar-refractivity contribution in [2.45, 2.75) is 9.92 Å². The predicted molar refractivity (Wildman–Crippen MR) is 71.1 cm³/mol. The van der Waals surface area contributed by atoms with Crippen molar-refractivity contribution in [1.82, 2.24) is 24.9 Å². The number of aromatic amines is 1. The van der Waals surface area contributed by atoms with E-state index in [4.69, 9.17) is 11.1 Å². The molecule has 0 aliphatic carbocycles. The van der Waals surface area contributed by atoms with Gasteiger partial charge in [0.05, 0.1) is 6.33 Å². The van der Waals surface area contributed by atoms with E-state index < -0.39 is 0 Å². The van der Waals surface area contributed by atoms with Crippen molar-refractivity contribution in [2.75, 3.05) is 0 Å². The number of nitrogens with two attached hydrogens (primary N) is 1. The van der Waals surface area contributed by atoms with Crippen LogP contribution in [0.15, 0.2) is 40.9 Å². The van der Waals surface area contributed by atoms with E-state index in [0.29, 0.717) is 11.3 Å². The van der Waals surface area contributed by atoms with Gasteiger partial charge in [0, 0.05) is 11.1 Å². The molecular formula is C11H9N7S. The number of nitrogen functional groups attached to an aromatic ring is 1. The zero-order chi connectivity index (χ0) is 13.2. The monoisotopic (exact) mass is 271 g/mol. The number of pyridine rings is 1. The van der Waals surface area contributed by atoms with Crippen molar-refractivity contribution in [3.05, 3.63) is 36.7 Å². The quantitative estimate of drug-likeness (QED) is 0.374. The largest absolute Gasteiger partial charge is 0.382 e. The average molecular weight is 271 g/mol. The first-order valence-electron chi connectivity index (χ1n) is 5.36. The highest BCUT2D eigenvalue weighted by molar-refractivity contribution is 7.99. The van der Waals surface area contributed by atoms with E-state index in [-0.39, 0.29) is 5.84 Å². The summed E-state index contributed by atoms with van der Waals surface area (Å²) in [5.74, 6) is -0.0585. The van der Waals surface area contributed by atoms with Crippen molar-refractivity contribution in [3.63, 3.8) is 0 Å². The Bertz CT molecular complexity index is 751. The van der Waals surface area contributed by atoms with Gasteiger partial charge in [-0.25, -0.2) is 15.0 Å². The van der Waals surface area contributed by atoms with Crippen molar-refractivity contribution in [1.29, 1.82) is 5.41 Å². The summed E-state index contributed by atoms with van der Waals surface area (Å²) in [4.78, 5) is 20.3. The predicted octanol–water partition coefficient (Wildman–Crippen LogP) is 1.18. The molecular weight excluding hydrogens is 262 g/mol. The minimum absolute atomic E-state index is 0.0585. The third-order valence-electron chi connectivity index (χ3n) is 2.41. The molecule has 0 fully saturated rings. The number of aromatic nitrogens is 5. The Morgan fingerprint density at radius 1 is 1.26 bits per heavy atom. The molecule has 0 radical (unpaired) electrons. The summed E-state index contributed by atoms with van der Waals surface area (Å²) in [6.45, 7) is 0. The number of amidine groups is 1. The van der Waals surface area contributed by atoms with Crippen LogP contribution in [0, 0.1) is 5.41 Å². The number of rotatable bonds is 3. The Hall–Kier alpha value is -2.48. The van der Waals surface area contributed by atoms with Crippen molar-refractivity contribution in [2.24, 2.45) is 5.73 Å². The standard InChI is InChI=1S/C11H9N7S/c12-9(13)7-3-6(1-2-14-7)19-11-8-10(16-4-15-8)17-5-18-11/h1-5H,(H3,12,13)(H,15,16,17,18). The van der Waals surface area contributed by atoms with Gasteiger partial charge in [0.1, 0.15) is 28.4 Å². The lowest BCUT2D eigenvalue weighted by atomic mass is 10.3. The van der Waals surface area contributed by atoms with Crippen LogP contribution >= 0.6 is 11.8 Å². The maximum Gasteiger partial charge on any atom is 0.181 e. The van der Waals surface area contributed by atoms with Crippen molar-refractivity contribution in [3.8, 4) is 0 Å². The lowest BCUT2D eigenvalue weighted by Gasteiger charge is -2.03. The Labute approximate surface area is 112 Å². The number of H-pyrrole nitrogens is 1. The van der Waals surface area contributed by atoms with Gasteiger partial charge in [-0.1, -0.05) is 11.8 Å².